The lowest BCUT2D eigenvalue weighted by Crippen LogP contribution is -2.38. The van der Waals surface area contributed by atoms with Crippen LogP contribution in [0.3, 0.4) is 0 Å². The maximum atomic E-state index is 11.9. The maximum absolute atomic E-state index is 11.9. The summed E-state index contributed by atoms with van der Waals surface area (Å²) in [4.78, 5) is 25.2. The largest absolute Gasteiger partial charge is 0.300 e. The number of fused-ring (bicyclic) bond motifs is 1. The minimum atomic E-state index is -0.426. The van der Waals surface area contributed by atoms with Crippen molar-refractivity contribution in [2.24, 2.45) is 0 Å². The average molecular weight is 274 g/mol. The third kappa shape index (κ3) is 3.25. The first-order valence-corrected chi connectivity index (χ1v) is 7.41. The number of amides is 1. The van der Waals surface area contributed by atoms with Crippen LogP contribution in [0.5, 0.6) is 0 Å². The summed E-state index contributed by atoms with van der Waals surface area (Å²) in [5.74, 6) is -0.824. The molecule has 0 unspecified atom stereocenters. The van der Waals surface area contributed by atoms with Crippen molar-refractivity contribution in [3.05, 3.63) is 29.8 Å². The maximum Gasteiger partial charge on any atom is 0.300 e. The molecule has 1 aromatic rings. The number of rotatable bonds is 8. The summed E-state index contributed by atoms with van der Waals surface area (Å²) >= 11 is 0. The van der Waals surface area contributed by atoms with Crippen LogP contribution >= 0.6 is 0 Å². The van der Waals surface area contributed by atoms with E-state index in [1.165, 1.54) is 30.6 Å². The second-order valence-corrected chi connectivity index (χ2v) is 5.15. The van der Waals surface area contributed by atoms with E-state index in [2.05, 4.69) is 12.2 Å². The molecule has 0 atom stereocenters. The molecule has 0 fully saturated rings. The lowest BCUT2D eigenvalue weighted by molar-refractivity contribution is -0.114. The molecule has 0 radical (unpaired) electrons. The highest BCUT2D eigenvalue weighted by Gasteiger charge is 2.34. The Hall–Kier alpha value is -1.68. The molecule has 1 aromatic carbocycles. The van der Waals surface area contributed by atoms with Gasteiger partial charge in [0.1, 0.15) is 0 Å². The van der Waals surface area contributed by atoms with Gasteiger partial charge in [-0.15, -0.1) is 0 Å². The number of ketones is 1. The number of nitrogens with zero attached hydrogens (tertiary/aromatic N) is 1. The summed E-state index contributed by atoms with van der Waals surface area (Å²) in [6, 6.07) is 7.17. The fraction of sp³-hybridized carbons (Fsp3) is 0.500. The highest BCUT2D eigenvalue weighted by Crippen LogP contribution is 2.27. The number of hydrogen-bond acceptors (Lipinski definition) is 3. The molecule has 0 aliphatic carbocycles. The van der Waals surface area contributed by atoms with Gasteiger partial charge in [-0.25, -0.2) is 0 Å². The molecule has 0 saturated heterocycles. The highest BCUT2D eigenvalue weighted by molar-refractivity contribution is 6.52. The van der Waals surface area contributed by atoms with E-state index in [1.807, 2.05) is 12.1 Å². The average Bonchev–Trinajstić information content (AvgIpc) is 2.71. The first-order valence-electron chi connectivity index (χ1n) is 7.41. The van der Waals surface area contributed by atoms with E-state index in [9.17, 15) is 9.59 Å². The molecule has 0 saturated carbocycles. The van der Waals surface area contributed by atoms with Crippen LogP contribution in [0.4, 0.5) is 5.69 Å². The fourth-order valence-electron chi connectivity index (χ4n) is 2.45. The SMILES string of the molecule is CCCCCCCNCN1C(=O)C(=O)c2ccccc21. The minimum Gasteiger partial charge on any atom is -0.299 e. The molecule has 4 heteroatoms. The Morgan fingerprint density at radius 3 is 2.60 bits per heavy atom. The normalized spacial score (nSPS) is 13.9. The predicted molar refractivity (Wildman–Crippen MR) is 79.9 cm³/mol. The number of unbranched alkanes of at least 4 members (excludes halogenated alkanes) is 4. The minimum absolute atomic E-state index is 0.398. The van der Waals surface area contributed by atoms with E-state index in [4.69, 9.17) is 0 Å². The summed E-state index contributed by atoms with van der Waals surface area (Å²) in [7, 11) is 0. The number of para-hydroxylation sites is 1. The molecule has 0 aromatic heterocycles. The van der Waals surface area contributed by atoms with Gasteiger partial charge in [0.05, 0.1) is 17.9 Å². The van der Waals surface area contributed by atoms with Gasteiger partial charge in [0.2, 0.25) is 0 Å². The lowest BCUT2D eigenvalue weighted by Gasteiger charge is -2.17. The molecule has 1 heterocycles. The van der Waals surface area contributed by atoms with Crippen LogP contribution in [0, 0.1) is 0 Å². The molecule has 1 aliphatic heterocycles. The number of carbonyl (C=O) groups excluding carboxylic acids is 2. The first-order chi connectivity index (χ1) is 9.75. The summed E-state index contributed by atoms with van der Waals surface area (Å²) in [6.45, 7) is 3.49. The molecule has 20 heavy (non-hydrogen) atoms. The Balaban J connectivity index is 1.79. The van der Waals surface area contributed by atoms with Crippen molar-refractivity contribution in [1.29, 1.82) is 0 Å². The van der Waals surface area contributed by atoms with Gasteiger partial charge in [-0.05, 0) is 25.1 Å². The van der Waals surface area contributed by atoms with E-state index < -0.39 is 11.7 Å². The van der Waals surface area contributed by atoms with Crippen molar-refractivity contribution >= 4 is 17.4 Å². The van der Waals surface area contributed by atoms with Crippen molar-refractivity contribution in [2.45, 2.75) is 39.0 Å². The molecule has 1 N–H and O–H groups in total. The van der Waals surface area contributed by atoms with Crippen molar-refractivity contribution in [3.8, 4) is 0 Å². The van der Waals surface area contributed by atoms with E-state index in [1.54, 1.807) is 12.1 Å². The molecular formula is C16H22N2O2. The van der Waals surface area contributed by atoms with E-state index in [0.29, 0.717) is 12.2 Å². The number of benzene rings is 1. The summed E-state index contributed by atoms with van der Waals surface area (Å²) in [6.07, 6.45) is 6.12. The molecule has 1 amide bonds. The fourth-order valence-corrected chi connectivity index (χ4v) is 2.45. The van der Waals surface area contributed by atoms with Crippen molar-refractivity contribution in [1.82, 2.24) is 5.32 Å². The van der Waals surface area contributed by atoms with Crippen LogP contribution in [0.15, 0.2) is 24.3 Å². The number of Topliss-reactive ketones (excluding diaryl/α,β-unsaturated/α-hetero) is 1. The Bertz CT molecular complexity index is 485. The van der Waals surface area contributed by atoms with E-state index in [0.717, 1.165) is 18.7 Å². The third-order valence-corrected chi connectivity index (χ3v) is 3.61. The number of carbonyl (C=O) groups is 2. The highest BCUT2D eigenvalue weighted by atomic mass is 16.2. The monoisotopic (exact) mass is 274 g/mol. The van der Waals surface area contributed by atoms with Crippen LogP contribution in [-0.4, -0.2) is 24.9 Å². The summed E-state index contributed by atoms with van der Waals surface area (Å²) < 4.78 is 0. The molecule has 4 nitrogen and oxygen atoms in total. The van der Waals surface area contributed by atoms with Gasteiger partial charge in [-0.1, -0.05) is 44.7 Å². The predicted octanol–water partition coefficient (Wildman–Crippen LogP) is 2.73. The Morgan fingerprint density at radius 2 is 1.80 bits per heavy atom. The molecule has 1 aliphatic rings. The molecular weight excluding hydrogens is 252 g/mol. The van der Waals surface area contributed by atoms with Crippen molar-refractivity contribution in [3.63, 3.8) is 0 Å². The summed E-state index contributed by atoms with van der Waals surface area (Å²) in [5, 5.41) is 3.25. The Labute approximate surface area is 120 Å². The molecule has 2 rings (SSSR count). The second kappa shape index (κ2) is 7.20. The quantitative estimate of drug-likeness (QED) is 0.586. The van der Waals surface area contributed by atoms with Crippen LogP contribution < -0.4 is 10.2 Å². The Morgan fingerprint density at radius 1 is 1.05 bits per heavy atom. The van der Waals surface area contributed by atoms with Gasteiger partial charge in [-0.2, -0.15) is 0 Å². The zero-order chi connectivity index (χ0) is 14.4. The zero-order valence-electron chi connectivity index (χ0n) is 12.0. The van der Waals surface area contributed by atoms with Gasteiger partial charge in [0.15, 0.2) is 0 Å². The van der Waals surface area contributed by atoms with Gasteiger partial charge < -0.3 is 0 Å². The topological polar surface area (TPSA) is 49.4 Å². The van der Waals surface area contributed by atoms with Crippen molar-refractivity contribution < 1.29 is 9.59 Å². The molecule has 0 spiro atoms. The molecule has 0 bridgehead atoms. The van der Waals surface area contributed by atoms with Gasteiger partial charge in [0, 0.05) is 0 Å². The van der Waals surface area contributed by atoms with Gasteiger partial charge >= 0.3 is 5.91 Å². The number of nitrogens with one attached hydrogen (secondary N) is 1. The van der Waals surface area contributed by atoms with Crippen LogP contribution in [0.2, 0.25) is 0 Å². The molecule has 108 valence electrons. The Kier molecular flexibility index (Phi) is 5.30. The third-order valence-electron chi connectivity index (χ3n) is 3.61. The van der Waals surface area contributed by atoms with E-state index in [-0.39, 0.29) is 0 Å². The van der Waals surface area contributed by atoms with E-state index >= 15 is 0 Å². The smallest absolute Gasteiger partial charge is 0.299 e. The second-order valence-electron chi connectivity index (χ2n) is 5.15. The van der Waals surface area contributed by atoms with Gasteiger partial charge in [0.25, 0.3) is 5.78 Å². The first kappa shape index (κ1) is 14.7. The lowest BCUT2D eigenvalue weighted by atomic mass is 10.1. The van der Waals surface area contributed by atoms with Crippen molar-refractivity contribution in [2.75, 3.05) is 18.1 Å². The standard InChI is InChI=1S/C16H22N2O2/c1-2-3-4-5-8-11-17-12-18-14-10-7-6-9-13(14)15(19)16(18)20/h6-7,9-10,17H,2-5,8,11-12H2,1H3. The van der Waals surface area contributed by atoms with Gasteiger partial charge in [-0.3, -0.25) is 19.8 Å². The van der Waals surface area contributed by atoms with Crippen LogP contribution in [0.25, 0.3) is 0 Å². The van der Waals surface area contributed by atoms with Crippen LogP contribution in [-0.2, 0) is 4.79 Å². The summed E-state index contributed by atoms with van der Waals surface area (Å²) in [5.41, 5.74) is 1.24. The number of hydrogen-bond donors (Lipinski definition) is 1. The number of anilines is 1. The van der Waals surface area contributed by atoms with Crippen LogP contribution in [0.1, 0.15) is 49.4 Å². The zero-order valence-corrected chi connectivity index (χ0v) is 12.0.